The smallest absolute Gasteiger partial charge is 0.164 e. The second kappa shape index (κ2) is 11.2. The Morgan fingerprint density at radius 3 is 1.94 bits per heavy atom. The topological polar surface area (TPSA) is 69.6 Å². The van der Waals surface area contributed by atoms with Crippen LogP contribution in [-0.2, 0) is 0 Å². The first-order chi connectivity index (χ1) is 25.7. The Morgan fingerprint density at radius 2 is 1.10 bits per heavy atom. The van der Waals surface area contributed by atoms with E-state index in [-0.39, 0.29) is 0 Å². The largest absolute Gasteiger partial charge is 0.454 e. The van der Waals surface area contributed by atoms with E-state index in [1.807, 2.05) is 60.7 Å². The van der Waals surface area contributed by atoms with Gasteiger partial charge in [0.05, 0.1) is 16.7 Å². The lowest BCUT2D eigenvalue weighted by Gasteiger charge is -2.13. The summed E-state index contributed by atoms with van der Waals surface area (Å²) < 4.78 is 8.57. The van der Waals surface area contributed by atoms with E-state index in [0.29, 0.717) is 17.5 Å². The number of aromatic nitrogens is 5. The molecule has 0 N–H and O–H groups in total. The third kappa shape index (κ3) is 4.44. The van der Waals surface area contributed by atoms with E-state index >= 15 is 0 Å². The Labute approximate surface area is 297 Å². The third-order valence-corrected chi connectivity index (χ3v) is 10.0. The van der Waals surface area contributed by atoms with E-state index in [4.69, 9.17) is 19.4 Å². The molecule has 4 heterocycles. The van der Waals surface area contributed by atoms with Gasteiger partial charge in [0.15, 0.2) is 23.1 Å². The molecule has 0 radical (unpaired) electrons. The van der Waals surface area contributed by atoms with Crippen LogP contribution in [0.1, 0.15) is 0 Å². The van der Waals surface area contributed by atoms with Crippen molar-refractivity contribution in [2.75, 3.05) is 0 Å². The van der Waals surface area contributed by atoms with E-state index in [1.165, 1.54) is 32.6 Å². The van der Waals surface area contributed by atoms with Crippen LogP contribution in [0.3, 0.4) is 0 Å². The van der Waals surface area contributed by atoms with Crippen molar-refractivity contribution in [1.29, 1.82) is 0 Å². The Balaban J connectivity index is 1.09. The number of benzene rings is 7. The standard InChI is InChI=1S/C46H27N5O/c1-2-10-28(11-3-1)44-48-45(50-46(49-44)33-20-22-36-42(27-33)52-41-18-9-23-47-43(36)41)32-19-21-34-31(24-32)14-8-17-38(34)51-39-16-7-6-15-35(39)37-25-29-12-4-5-13-30(29)26-40(37)51/h1-27H. The van der Waals surface area contributed by atoms with Gasteiger partial charge in [0.1, 0.15) is 11.1 Å². The number of hydrogen-bond acceptors (Lipinski definition) is 5. The van der Waals surface area contributed by atoms with Gasteiger partial charge in [-0.1, -0.05) is 103 Å². The molecular weight excluding hydrogens is 639 g/mol. The molecule has 0 aliphatic rings. The molecule has 0 amide bonds. The summed E-state index contributed by atoms with van der Waals surface area (Å²) in [4.78, 5) is 19.6. The number of fused-ring (bicyclic) bond motifs is 8. The monoisotopic (exact) mass is 665 g/mol. The van der Waals surface area contributed by atoms with Gasteiger partial charge in [0, 0.05) is 44.4 Å². The van der Waals surface area contributed by atoms with E-state index in [1.54, 1.807) is 6.20 Å². The Hall–Kier alpha value is -7.18. The minimum absolute atomic E-state index is 0.575. The fourth-order valence-corrected chi connectivity index (χ4v) is 7.60. The normalized spacial score (nSPS) is 11.8. The second-order valence-electron chi connectivity index (χ2n) is 13.1. The molecule has 52 heavy (non-hydrogen) atoms. The van der Waals surface area contributed by atoms with Crippen molar-refractivity contribution in [2.45, 2.75) is 0 Å². The first-order valence-electron chi connectivity index (χ1n) is 17.3. The molecule has 242 valence electrons. The summed E-state index contributed by atoms with van der Waals surface area (Å²) in [5.74, 6) is 1.79. The third-order valence-electron chi connectivity index (χ3n) is 10.0. The first-order valence-corrected chi connectivity index (χ1v) is 17.3. The summed E-state index contributed by atoms with van der Waals surface area (Å²) in [7, 11) is 0. The van der Waals surface area contributed by atoms with E-state index in [9.17, 15) is 0 Å². The highest BCUT2D eigenvalue weighted by atomic mass is 16.3. The minimum Gasteiger partial charge on any atom is -0.454 e. The molecule has 0 bridgehead atoms. The maximum Gasteiger partial charge on any atom is 0.164 e. The molecule has 0 fully saturated rings. The van der Waals surface area contributed by atoms with Gasteiger partial charge in [-0.05, 0) is 70.8 Å². The lowest BCUT2D eigenvalue weighted by Crippen LogP contribution is -2.00. The van der Waals surface area contributed by atoms with Crippen molar-refractivity contribution >= 4 is 65.4 Å². The van der Waals surface area contributed by atoms with Crippen molar-refractivity contribution < 1.29 is 4.42 Å². The molecule has 0 spiro atoms. The van der Waals surface area contributed by atoms with Crippen LogP contribution in [0.15, 0.2) is 168 Å². The average molecular weight is 666 g/mol. The van der Waals surface area contributed by atoms with Crippen molar-refractivity contribution in [3.8, 4) is 39.9 Å². The number of nitrogens with zero attached hydrogens (tertiary/aromatic N) is 5. The second-order valence-corrected chi connectivity index (χ2v) is 13.1. The average Bonchev–Trinajstić information content (AvgIpc) is 3.74. The highest BCUT2D eigenvalue weighted by molar-refractivity contribution is 6.14. The van der Waals surface area contributed by atoms with Gasteiger partial charge in [-0.2, -0.15) is 0 Å². The van der Waals surface area contributed by atoms with Gasteiger partial charge in [0.25, 0.3) is 0 Å². The number of hydrogen-bond donors (Lipinski definition) is 0. The molecule has 0 atom stereocenters. The lowest BCUT2D eigenvalue weighted by molar-refractivity contribution is 0.668. The zero-order chi connectivity index (χ0) is 34.2. The van der Waals surface area contributed by atoms with Crippen molar-refractivity contribution in [2.24, 2.45) is 0 Å². The van der Waals surface area contributed by atoms with Gasteiger partial charge in [-0.25, -0.2) is 15.0 Å². The lowest BCUT2D eigenvalue weighted by atomic mass is 10.0. The van der Waals surface area contributed by atoms with E-state index < -0.39 is 0 Å². The Bertz CT molecular complexity index is 3200. The fraction of sp³-hybridized carbons (Fsp3) is 0. The molecule has 0 unspecified atom stereocenters. The van der Waals surface area contributed by atoms with Crippen molar-refractivity contribution in [3.63, 3.8) is 0 Å². The maximum atomic E-state index is 6.17. The molecule has 11 aromatic rings. The SMILES string of the molecule is c1ccc(-c2nc(-c3ccc4c(-n5c6ccccc6c6cc7ccccc7cc65)cccc4c3)nc(-c3ccc4c(c3)oc3cccnc34)n2)cc1. The molecule has 0 aliphatic heterocycles. The summed E-state index contributed by atoms with van der Waals surface area (Å²) in [6, 6.07) is 54.8. The molecule has 0 saturated heterocycles. The number of para-hydroxylation sites is 1. The molecule has 6 nitrogen and oxygen atoms in total. The van der Waals surface area contributed by atoms with Crippen LogP contribution in [0.2, 0.25) is 0 Å². The molecule has 0 saturated carbocycles. The van der Waals surface area contributed by atoms with E-state index in [0.717, 1.165) is 55.2 Å². The quantitative estimate of drug-likeness (QED) is 0.187. The summed E-state index contributed by atoms with van der Waals surface area (Å²) in [6.07, 6.45) is 1.78. The molecular formula is C46H27N5O. The zero-order valence-corrected chi connectivity index (χ0v) is 27.7. The predicted octanol–water partition coefficient (Wildman–Crippen LogP) is 11.6. The van der Waals surface area contributed by atoms with Gasteiger partial charge in [0.2, 0.25) is 0 Å². The maximum absolute atomic E-state index is 6.17. The molecule has 6 heteroatoms. The summed E-state index contributed by atoms with van der Waals surface area (Å²) in [5, 5.41) is 8.13. The predicted molar refractivity (Wildman–Crippen MR) is 211 cm³/mol. The van der Waals surface area contributed by atoms with Gasteiger partial charge >= 0.3 is 0 Å². The summed E-state index contributed by atoms with van der Waals surface area (Å²) >= 11 is 0. The molecule has 0 aliphatic carbocycles. The number of rotatable bonds is 4. The molecule has 7 aromatic carbocycles. The van der Waals surface area contributed by atoms with E-state index in [2.05, 4.69) is 107 Å². The van der Waals surface area contributed by atoms with Crippen LogP contribution in [-0.4, -0.2) is 24.5 Å². The van der Waals surface area contributed by atoms with Crippen molar-refractivity contribution in [1.82, 2.24) is 24.5 Å². The van der Waals surface area contributed by atoms with Crippen LogP contribution in [0.4, 0.5) is 0 Å². The highest BCUT2D eigenvalue weighted by Gasteiger charge is 2.18. The van der Waals surface area contributed by atoms with Crippen LogP contribution in [0.5, 0.6) is 0 Å². The van der Waals surface area contributed by atoms with Crippen LogP contribution in [0.25, 0.3) is 105 Å². The summed E-state index contributed by atoms with van der Waals surface area (Å²) in [6.45, 7) is 0. The van der Waals surface area contributed by atoms with Gasteiger partial charge in [-0.15, -0.1) is 0 Å². The Kier molecular flexibility index (Phi) is 6.15. The van der Waals surface area contributed by atoms with Crippen LogP contribution < -0.4 is 0 Å². The fourth-order valence-electron chi connectivity index (χ4n) is 7.60. The Morgan fingerprint density at radius 1 is 0.404 bits per heavy atom. The van der Waals surface area contributed by atoms with Crippen LogP contribution in [0, 0.1) is 0 Å². The highest BCUT2D eigenvalue weighted by Crippen LogP contribution is 2.38. The van der Waals surface area contributed by atoms with Crippen molar-refractivity contribution in [3.05, 3.63) is 164 Å². The van der Waals surface area contributed by atoms with Gasteiger partial charge in [-0.3, -0.25) is 4.98 Å². The van der Waals surface area contributed by atoms with Crippen LogP contribution >= 0.6 is 0 Å². The number of furan rings is 1. The summed E-state index contributed by atoms with van der Waals surface area (Å²) in [5.41, 5.74) is 8.49. The zero-order valence-electron chi connectivity index (χ0n) is 27.7. The first kappa shape index (κ1) is 28.6. The molecule has 4 aromatic heterocycles. The number of pyridine rings is 1. The molecule has 11 rings (SSSR count). The minimum atomic E-state index is 0.575. The van der Waals surface area contributed by atoms with Gasteiger partial charge < -0.3 is 8.98 Å².